The van der Waals surface area contributed by atoms with Gasteiger partial charge in [-0.3, -0.25) is 0 Å². The molecule has 5 rings (SSSR count). The minimum absolute atomic E-state index is 0.365. The summed E-state index contributed by atoms with van der Waals surface area (Å²) in [5.74, 6) is 2.86. The molecule has 9 heteroatoms. The molecule has 2 N–H and O–H groups in total. The number of hydrazone groups is 1. The van der Waals surface area contributed by atoms with E-state index < -0.39 is 0 Å². The summed E-state index contributed by atoms with van der Waals surface area (Å²) in [6.07, 6.45) is 5.10. The van der Waals surface area contributed by atoms with Crippen molar-refractivity contribution in [1.29, 1.82) is 0 Å². The highest BCUT2D eigenvalue weighted by Gasteiger charge is 2.16. The third-order valence-corrected chi connectivity index (χ3v) is 5.88. The fourth-order valence-electron chi connectivity index (χ4n) is 3.73. The van der Waals surface area contributed by atoms with Gasteiger partial charge in [0.2, 0.25) is 17.8 Å². The molecule has 0 bridgehead atoms. The Morgan fingerprint density at radius 2 is 1.71 bits per heavy atom. The van der Waals surface area contributed by atoms with Crippen molar-refractivity contribution in [3.05, 3.63) is 77.0 Å². The lowest BCUT2D eigenvalue weighted by atomic mass is 10.1. The number of piperidine rings is 1. The number of rotatable bonds is 7. The van der Waals surface area contributed by atoms with Gasteiger partial charge in [0.05, 0.1) is 6.21 Å². The van der Waals surface area contributed by atoms with Crippen LogP contribution in [0.3, 0.4) is 0 Å². The van der Waals surface area contributed by atoms with Gasteiger partial charge < -0.3 is 14.6 Å². The Kier molecular flexibility index (Phi) is 6.81. The molecular weight excluding hydrogens is 494 g/mol. The minimum Gasteiger partial charge on any atom is -0.455 e. The maximum absolute atomic E-state index is 5.90. The van der Waals surface area contributed by atoms with Gasteiger partial charge in [-0.25, -0.2) is 5.43 Å². The van der Waals surface area contributed by atoms with E-state index in [1.54, 1.807) is 6.21 Å². The third-order valence-electron chi connectivity index (χ3n) is 5.38. The summed E-state index contributed by atoms with van der Waals surface area (Å²) in [5, 5.41) is 7.55. The Bertz CT molecular complexity index is 1270. The fraction of sp³-hybridized carbons (Fsp3) is 0.200. The van der Waals surface area contributed by atoms with Crippen LogP contribution in [0.4, 0.5) is 23.5 Å². The van der Waals surface area contributed by atoms with Crippen LogP contribution in [0.15, 0.2) is 80.7 Å². The second kappa shape index (κ2) is 10.5. The molecule has 172 valence electrons. The Morgan fingerprint density at radius 1 is 0.882 bits per heavy atom. The summed E-state index contributed by atoms with van der Waals surface area (Å²) >= 11 is 3.49. The number of furan rings is 1. The van der Waals surface area contributed by atoms with Crippen molar-refractivity contribution in [2.75, 3.05) is 28.7 Å². The maximum atomic E-state index is 5.90. The van der Waals surface area contributed by atoms with E-state index in [0.717, 1.165) is 47.4 Å². The number of para-hydroxylation sites is 1. The largest absolute Gasteiger partial charge is 0.455 e. The molecule has 34 heavy (non-hydrogen) atoms. The van der Waals surface area contributed by atoms with E-state index in [0.29, 0.717) is 23.6 Å². The topological polar surface area (TPSA) is 91.5 Å². The van der Waals surface area contributed by atoms with Crippen molar-refractivity contribution in [1.82, 2.24) is 15.0 Å². The summed E-state index contributed by atoms with van der Waals surface area (Å²) in [4.78, 5) is 15.9. The Morgan fingerprint density at radius 3 is 2.53 bits per heavy atom. The van der Waals surface area contributed by atoms with E-state index in [4.69, 9.17) is 4.42 Å². The van der Waals surface area contributed by atoms with Gasteiger partial charge in [-0.1, -0.05) is 46.3 Å². The van der Waals surface area contributed by atoms with Crippen LogP contribution in [0.5, 0.6) is 0 Å². The molecule has 0 amide bonds. The van der Waals surface area contributed by atoms with Crippen LogP contribution in [0.1, 0.15) is 25.0 Å². The number of benzene rings is 2. The molecule has 0 radical (unpaired) electrons. The third kappa shape index (κ3) is 5.60. The van der Waals surface area contributed by atoms with Crippen molar-refractivity contribution < 1.29 is 4.42 Å². The van der Waals surface area contributed by atoms with Gasteiger partial charge in [0.1, 0.15) is 11.5 Å². The lowest BCUT2D eigenvalue weighted by Crippen LogP contribution is -2.31. The number of nitrogens with one attached hydrogen (secondary N) is 2. The van der Waals surface area contributed by atoms with Gasteiger partial charge >= 0.3 is 0 Å². The molecule has 1 aliphatic heterocycles. The molecule has 8 nitrogen and oxygen atoms in total. The Balaban J connectivity index is 1.34. The zero-order valence-corrected chi connectivity index (χ0v) is 20.1. The predicted molar refractivity (Wildman–Crippen MR) is 139 cm³/mol. The number of aromatic nitrogens is 3. The molecule has 0 atom stereocenters. The number of anilines is 4. The van der Waals surface area contributed by atoms with E-state index in [1.807, 2.05) is 66.7 Å². The molecule has 1 saturated heterocycles. The van der Waals surface area contributed by atoms with Gasteiger partial charge in [-0.2, -0.15) is 20.1 Å². The van der Waals surface area contributed by atoms with Crippen molar-refractivity contribution >= 4 is 45.7 Å². The summed E-state index contributed by atoms with van der Waals surface area (Å²) in [6, 6.07) is 21.6. The van der Waals surface area contributed by atoms with Gasteiger partial charge in [0.15, 0.2) is 0 Å². The van der Waals surface area contributed by atoms with Crippen molar-refractivity contribution in [3.8, 4) is 11.3 Å². The lowest BCUT2D eigenvalue weighted by molar-refractivity contribution is 0.568. The number of hydrogen-bond acceptors (Lipinski definition) is 8. The van der Waals surface area contributed by atoms with E-state index in [2.05, 4.69) is 51.6 Å². The fourth-order valence-corrected chi connectivity index (χ4v) is 4.13. The first-order valence-electron chi connectivity index (χ1n) is 11.2. The first-order chi connectivity index (χ1) is 16.7. The molecular formula is C25H24BrN7O. The van der Waals surface area contributed by atoms with Gasteiger partial charge in [-0.05, 0) is 55.7 Å². The van der Waals surface area contributed by atoms with Gasteiger partial charge in [0, 0.05) is 28.8 Å². The average Bonchev–Trinajstić information content (AvgIpc) is 3.34. The zero-order valence-electron chi connectivity index (χ0n) is 18.5. The molecule has 2 aromatic heterocycles. The van der Waals surface area contributed by atoms with Gasteiger partial charge in [-0.15, -0.1) is 0 Å². The van der Waals surface area contributed by atoms with Crippen LogP contribution >= 0.6 is 15.9 Å². The summed E-state index contributed by atoms with van der Waals surface area (Å²) in [7, 11) is 0. The molecule has 3 heterocycles. The molecule has 0 aliphatic carbocycles. The first kappa shape index (κ1) is 22.1. The quantitative estimate of drug-likeness (QED) is 0.227. The molecule has 1 aliphatic rings. The summed E-state index contributed by atoms with van der Waals surface area (Å²) in [5.41, 5.74) is 4.82. The van der Waals surface area contributed by atoms with Crippen LogP contribution in [0.25, 0.3) is 11.3 Å². The van der Waals surface area contributed by atoms with Crippen LogP contribution in [0, 0.1) is 0 Å². The van der Waals surface area contributed by atoms with Crippen LogP contribution in [0.2, 0.25) is 0 Å². The smallest absolute Gasteiger partial charge is 0.250 e. The predicted octanol–water partition coefficient (Wildman–Crippen LogP) is 6.07. The van der Waals surface area contributed by atoms with Crippen LogP contribution in [-0.2, 0) is 0 Å². The standard InChI is InChI=1S/C25H24BrN7O/c26-19-9-7-8-18(16-19)22-13-12-21(34-22)17-27-32-24-29-23(28-20-10-3-1-4-11-20)30-25(31-24)33-14-5-2-6-15-33/h1,3-4,7-13,16-17H,2,5-6,14-15H2,(H2,28,29,30,31,32)/b27-17-. The minimum atomic E-state index is 0.365. The van der Waals surface area contributed by atoms with E-state index in [-0.39, 0.29) is 0 Å². The van der Waals surface area contributed by atoms with Gasteiger partial charge in [0.25, 0.3) is 0 Å². The summed E-state index contributed by atoms with van der Waals surface area (Å²) in [6.45, 7) is 1.87. The molecule has 4 aromatic rings. The monoisotopic (exact) mass is 517 g/mol. The summed E-state index contributed by atoms with van der Waals surface area (Å²) < 4.78 is 6.90. The SMILES string of the molecule is Brc1cccc(-c2ccc(/C=N\Nc3nc(Nc4ccccc4)nc(N4CCCCC4)n3)o2)c1. The average molecular weight is 518 g/mol. The lowest BCUT2D eigenvalue weighted by Gasteiger charge is -2.26. The first-order valence-corrected chi connectivity index (χ1v) is 12.0. The van der Waals surface area contributed by atoms with E-state index in [1.165, 1.54) is 6.42 Å². The number of nitrogens with zero attached hydrogens (tertiary/aromatic N) is 5. The highest BCUT2D eigenvalue weighted by atomic mass is 79.9. The molecule has 0 saturated carbocycles. The highest BCUT2D eigenvalue weighted by molar-refractivity contribution is 9.10. The Hall–Kier alpha value is -3.72. The number of halogens is 1. The Labute approximate surface area is 206 Å². The highest BCUT2D eigenvalue weighted by Crippen LogP contribution is 2.25. The zero-order chi connectivity index (χ0) is 23.2. The molecule has 0 unspecified atom stereocenters. The maximum Gasteiger partial charge on any atom is 0.250 e. The second-order valence-electron chi connectivity index (χ2n) is 7.90. The van der Waals surface area contributed by atoms with Crippen molar-refractivity contribution in [3.63, 3.8) is 0 Å². The normalized spacial score (nSPS) is 13.9. The molecule has 0 spiro atoms. The van der Waals surface area contributed by atoms with Crippen LogP contribution in [-0.4, -0.2) is 34.3 Å². The van der Waals surface area contributed by atoms with Crippen molar-refractivity contribution in [2.45, 2.75) is 19.3 Å². The van der Waals surface area contributed by atoms with E-state index in [9.17, 15) is 0 Å². The second-order valence-corrected chi connectivity index (χ2v) is 8.82. The number of hydrogen-bond donors (Lipinski definition) is 2. The molecule has 2 aromatic carbocycles. The van der Waals surface area contributed by atoms with Crippen molar-refractivity contribution in [2.24, 2.45) is 5.10 Å². The van der Waals surface area contributed by atoms with E-state index >= 15 is 0 Å². The molecule has 1 fully saturated rings. The van der Waals surface area contributed by atoms with Crippen LogP contribution < -0.4 is 15.6 Å².